The summed E-state index contributed by atoms with van der Waals surface area (Å²) in [5.74, 6) is 0. The maximum Gasteiger partial charge on any atom is -0.00988 e. The normalized spacial score (nSPS) is 11.8. The SMILES string of the molecule is c1ccc2cc3cc4c(-c5cccc6cc7ccccc7cc56)cccc4cc3cc2c1. The van der Waals surface area contributed by atoms with Crippen molar-refractivity contribution in [3.8, 4) is 11.1 Å². The van der Waals surface area contributed by atoms with Crippen molar-refractivity contribution in [1.82, 2.24) is 0 Å². The van der Waals surface area contributed by atoms with Gasteiger partial charge in [0, 0.05) is 0 Å². The highest BCUT2D eigenvalue weighted by molar-refractivity contribution is 6.12. The molecule has 7 aromatic rings. The third-order valence-electron chi connectivity index (χ3n) is 6.74. The summed E-state index contributed by atoms with van der Waals surface area (Å²) in [4.78, 5) is 0. The van der Waals surface area contributed by atoms with E-state index in [1.54, 1.807) is 0 Å². The van der Waals surface area contributed by atoms with Gasteiger partial charge in [-0.05, 0) is 101 Å². The topological polar surface area (TPSA) is 0 Å². The Hall–Kier alpha value is -4.16. The van der Waals surface area contributed by atoms with Crippen molar-refractivity contribution in [2.45, 2.75) is 0 Å². The predicted octanol–water partition coefficient (Wildman–Crippen LogP) is 9.12. The highest BCUT2D eigenvalue weighted by atomic mass is 14.1. The molecule has 32 heavy (non-hydrogen) atoms. The molecule has 0 N–H and O–H groups in total. The van der Waals surface area contributed by atoms with Gasteiger partial charge in [0.25, 0.3) is 0 Å². The van der Waals surface area contributed by atoms with E-state index < -0.39 is 0 Å². The molecule has 0 saturated heterocycles. The van der Waals surface area contributed by atoms with Crippen LogP contribution >= 0.6 is 0 Å². The Bertz CT molecular complexity index is 1820. The van der Waals surface area contributed by atoms with E-state index in [2.05, 4.69) is 121 Å². The van der Waals surface area contributed by atoms with Crippen LogP contribution in [-0.2, 0) is 0 Å². The molecule has 0 bridgehead atoms. The van der Waals surface area contributed by atoms with Crippen LogP contribution in [-0.4, -0.2) is 0 Å². The number of benzene rings is 7. The van der Waals surface area contributed by atoms with E-state index in [0.29, 0.717) is 0 Å². The molecule has 0 aliphatic carbocycles. The van der Waals surface area contributed by atoms with Crippen molar-refractivity contribution in [3.63, 3.8) is 0 Å². The first kappa shape index (κ1) is 17.5. The summed E-state index contributed by atoms with van der Waals surface area (Å²) in [5, 5.41) is 12.9. The highest BCUT2D eigenvalue weighted by Crippen LogP contribution is 2.37. The van der Waals surface area contributed by atoms with Crippen molar-refractivity contribution in [3.05, 3.63) is 121 Å². The van der Waals surface area contributed by atoms with E-state index >= 15 is 0 Å². The lowest BCUT2D eigenvalue weighted by Gasteiger charge is -2.13. The fraction of sp³-hybridized carbons (Fsp3) is 0. The first-order valence-corrected chi connectivity index (χ1v) is 11.1. The molecule has 0 aliphatic rings. The fourth-order valence-corrected chi connectivity index (χ4v) is 5.16. The Kier molecular flexibility index (Phi) is 3.65. The largest absolute Gasteiger partial charge is 0.0616 e. The molecule has 0 unspecified atom stereocenters. The Morgan fingerprint density at radius 1 is 0.250 bits per heavy atom. The zero-order valence-electron chi connectivity index (χ0n) is 17.5. The maximum absolute atomic E-state index is 2.37. The Balaban J connectivity index is 1.55. The molecular formula is C32H20. The van der Waals surface area contributed by atoms with Crippen LogP contribution in [0.3, 0.4) is 0 Å². The van der Waals surface area contributed by atoms with Crippen molar-refractivity contribution >= 4 is 53.9 Å². The summed E-state index contributed by atoms with van der Waals surface area (Å²) in [7, 11) is 0. The van der Waals surface area contributed by atoms with Crippen molar-refractivity contribution in [2.75, 3.05) is 0 Å². The number of hydrogen-bond acceptors (Lipinski definition) is 0. The van der Waals surface area contributed by atoms with Crippen LogP contribution in [0.1, 0.15) is 0 Å². The number of hydrogen-bond donors (Lipinski definition) is 0. The lowest BCUT2D eigenvalue weighted by atomic mass is 9.91. The predicted molar refractivity (Wildman–Crippen MR) is 139 cm³/mol. The lowest BCUT2D eigenvalue weighted by Crippen LogP contribution is -1.86. The van der Waals surface area contributed by atoms with Crippen LogP contribution in [0.15, 0.2) is 121 Å². The van der Waals surface area contributed by atoms with Gasteiger partial charge in [0.2, 0.25) is 0 Å². The second-order valence-corrected chi connectivity index (χ2v) is 8.65. The van der Waals surface area contributed by atoms with Crippen LogP contribution < -0.4 is 0 Å². The van der Waals surface area contributed by atoms with Crippen molar-refractivity contribution < 1.29 is 0 Å². The standard InChI is InChI=1S/C32H20/c1-2-9-23-17-28-20-32-26(18-27(28)16-22(23)8-1)12-6-14-30(32)29-13-5-11-25-15-21-7-3-4-10-24(21)19-31(25)29/h1-20H. The average Bonchev–Trinajstić information content (AvgIpc) is 2.84. The van der Waals surface area contributed by atoms with Gasteiger partial charge in [0.15, 0.2) is 0 Å². The molecule has 0 radical (unpaired) electrons. The smallest absolute Gasteiger partial charge is 0.00988 e. The molecule has 0 saturated carbocycles. The minimum atomic E-state index is 1.28. The summed E-state index contributed by atoms with van der Waals surface area (Å²) in [6, 6.07) is 44.5. The van der Waals surface area contributed by atoms with Crippen LogP contribution in [0, 0.1) is 0 Å². The monoisotopic (exact) mass is 404 g/mol. The molecule has 0 amide bonds. The molecule has 0 aliphatic heterocycles. The lowest BCUT2D eigenvalue weighted by molar-refractivity contribution is 1.71. The maximum atomic E-state index is 2.37. The van der Waals surface area contributed by atoms with Gasteiger partial charge in [-0.2, -0.15) is 0 Å². The molecule has 0 nitrogen and oxygen atoms in total. The van der Waals surface area contributed by atoms with E-state index in [1.807, 2.05) is 0 Å². The van der Waals surface area contributed by atoms with Crippen LogP contribution in [0.5, 0.6) is 0 Å². The summed E-state index contributed by atoms with van der Waals surface area (Å²) in [5.41, 5.74) is 2.58. The molecule has 7 rings (SSSR count). The van der Waals surface area contributed by atoms with Crippen LogP contribution in [0.4, 0.5) is 0 Å². The number of fused-ring (bicyclic) bond motifs is 5. The first-order chi connectivity index (χ1) is 15.8. The van der Waals surface area contributed by atoms with Gasteiger partial charge < -0.3 is 0 Å². The molecular weight excluding hydrogens is 384 g/mol. The molecule has 148 valence electrons. The Labute approximate surface area is 186 Å². The van der Waals surface area contributed by atoms with Gasteiger partial charge in [-0.1, -0.05) is 84.9 Å². The molecule has 0 heterocycles. The van der Waals surface area contributed by atoms with Gasteiger partial charge in [0.05, 0.1) is 0 Å². The van der Waals surface area contributed by atoms with Gasteiger partial charge >= 0.3 is 0 Å². The zero-order valence-corrected chi connectivity index (χ0v) is 17.5. The second-order valence-electron chi connectivity index (χ2n) is 8.65. The van der Waals surface area contributed by atoms with E-state index in [0.717, 1.165) is 0 Å². The van der Waals surface area contributed by atoms with E-state index in [-0.39, 0.29) is 0 Å². The van der Waals surface area contributed by atoms with Crippen molar-refractivity contribution in [2.24, 2.45) is 0 Å². The van der Waals surface area contributed by atoms with E-state index in [1.165, 1.54) is 65.0 Å². The van der Waals surface area contributed by atoms with Gasteiger partial charge in [-0.15, -0.1) is 0 Å². The zero-order chi connectivity index (χ0) is 21.1. The quantitative estimate of drug-likeness (QED) is 0.239. The second kappa shape index (κ2) is 6.67. The minimum absolute atomic E-state index is 1.28. The van der Waals surface area contributed by atoms with Gasteiger partial charge in [0.1, 0.15) is 0 Å². The van der Waals surface area contributed by atoms with Crippen LogP contribution in [0.2, 0.25) is 0 Å². The van der Waals surface area contributed by atoms with E-state index in [9.17, 15) is 0 Å². The van der Waals surface area contributed by atoms with Gasteiger partial charge in [-0.25, -0.2) is 0 Å². The summed E-state index contributed by atoms with van der Waals surface area (Å²) in [6.07, 6.45) is 0. The third kappa shape index (κ3) is 2.63. The molecule has 0 atom stereocenters. The highest BCUT2D eigenvalue weighted by Gasteiger charge is 2.10. The summed E-state index contributed by atoms with van der Waals surface area (Å²) in [6.45, 7) is 0. The van der Waals surface area contributed by atoms with E-state index in [4.69, 9.17) is 0 Å². The third-order valence-corrected chi connectivity index (χ3v) is 6.74. The fourth-order valence-electron chi connectivity index (χ4n) is 5.16. The van der Waals surface area contributed by atoms with Gasteiger partial charge in [-0.3, -0.25) is 0 Å². The summed E-state index contributed by atoms with van der Waals surface area (Å²) >= 11 is 0. The average molecular weight is 405 g/mol. The summed E-state index contributed by atoms with van der Waals surface area (Å²) < 4.78 is 0. The van der Waals surface area contributed by atoms with Crippen molar-refractivity contribution in [1.29, 1.82) is 0 Å². The minimum Gasteiger partial charge on any atom is -0.0616 e. The molecule has 0 spiro atoms. The molecule has 7 aromatic carbocycles. The Morgan fingerprint density at radius 3 is 1.12 bits per heavy atom. The molecule has 0 aromatic heterocycles. The van der Waals surface area contributed by atoms with Crippen LogP contribution in [0.25, 0.3) is 65.0 Å². The molecule has 0 heteroatoms. The number of rotatable bonds is 1. The Morgan fingerprint density at radius 2 is 0.594 bits per heavy atom. The molecule has 0 fully saturated rings. The first-order valence-electron chi connectivity index (χ1n) is 11.1.